The van der Waals surface area contributed by atoms with Gasteiger partial charge in [0, 0.05) is 25.0 Å². The summed E-state index contributed by atoms with van der Waals surface area (Å²) in [6.45, 7) is 6.58. The summed E-state index contributed by atoms with van der Waals surface area (Å²) >= 11 is 6.12. The van der Waals surface area contributed by atoms with E-state index in [1.807, 2.05) is 12.1 Å². The number of nitrogens with one attached hydrogen (secondary N) is 1. The Morgan fingerprint density at radius 2 is 1.73 bits per heavy atom. The third-order valence-corrected chi connectivity index (χ3v) is 6.08. The first-order valence-corrected chi connectivity index (χ1v) is 11.6. The molecule has 1 heterocycles. The van der Waals surface area contributed by atoms with Gasteiger partial charge in [0.2, 0.25) is 0 Å². The van der Waals surface area contributed by atoms with E-state index in [4.69, 9.17) is 11.6 Å². The van der Waals surface area contributed by atoms with Crippen molar-refractivity contribution in [3.05, 3.63) is 89.2 Å². The quantitative estimate of drug-likeness (QED) is 0.364. The minimum Gasteiger partial charge on any atom is -0.357 e. The minimum absolute atomic E-state index is 0.157. The molecule has 5 nitrogen and oxygen atoms in total. The van der Waals surface area contributed by atoms with Crippen molar-refractivity contribution in [3.8, 4) is 11.1 Å². The Kier molecular flexibility index (Phi) is 7.20. The van der Waals surface area contributed by atoms with E-state index in [1.165, 1.54) is 0 Å². The molecule has 0 fully saturated rings. The highest BCUT2D eigenvalue weighted by Crippen LogP contribution is 2.29. The molecule has 0 spiro atoms. The molecule has 0 atom stereocenters. The Morgan fingerprint density at radius 3 is 2.52 bits per heavy atom. The largest absolute Gasteiger partial charge is 0.357 e. The number of hydrogen-bond donors (Lipinski definition) is 1. The van der Waals surface area contributed by atoms with Crippen LogP contribution < -0.4 is 10.2 Å². The van der Waals surface area contributed by atoms with Gasteiger partial charge in [-0.15, -0.1) is 0 Å². The molecule has 0 aliphatic rings. The number of fused-ring (bicyclic) bond motifs is 1. The van der Waals surface area contributed by atoms with Crippen molar-refractivity contribution in [1.82, 2.24) is 15.3 Å². The molecule has 168 valence electrons. The maximum atomic E-state index is 12.4. The van der Waals surface area contributed by atoms with Crippen LogP contribution in [0.25, 0.3) is 22.0 Å². The number of hydrogen-bond acceptors (Lipinski definition) is 4. The van der Waals surface area contributed by atoms with Crippen molar-refractivity contribution in [2.24, 2.45) is 0 Å². The normalized spacial score (nSPS) is 10.9. The van der Waals surface area contributed by atoms with Gasteiger partial charge in [-0.25, -0.2) is 9.97 Å². The molecule has 0 radical (unpaired) electrons. The van der Waals surface area contributed by atoms with E-state index >= 15 is 0 Å². The predicted octanol–water partition coefficient (Wildman–Crippen LogP) is 5.77. The Hall–Kier alpha value is -3.44. The highest BCUT2D eigenvalue weighted by Gasteiger charge is 2.12. The van der Waals surface area contributed by atoms with Crippen molar-refractivity contribution in [1.29, 1.82) is 0 Å². The molecule has 1 aromatic heterocycles. The van der Waals surface area contributed by atoms with Crippen molar-refractivity contribution in [3.63, 3.8) is 0 Å². The van der Waals surface area contributed by atoms with E-state index in [0.29, 0.717) is 17.1 Å². The first-order chi connectivity index (χ1) is 16.1. The summed E-state index contributed by atoms with van der Waals surface area (Å²) in [5, 5.41) is 4.47. The summed E-state index contributed by atoms with van der Waals surface area (Å²) in [6, 6.07) is 21.8. The van der Waals surface area contributed by atoms with Crippen LogP contribution in [0.5, 0.6) is 0 Å². The first-order valence-electron chi connectivity index (χ1n) is 11.2. The second-order valence-corrected chi connectivity index (χ2v) is 8.19. The zero-order valence-electron chi connectivity index (χ0n) is 18.9. The lowest BCUT2D eigenvalue weighted by molar-refractivity contribution is 0.0954. The van der Waals surface area contributed by atoms with Gasteiger partial charge in [0.25, 0.3) is 5.91 Å². The van der Waals surface area contributed by atoms with Gasteiger partial charge in [0.05, 0.1) is 16.1 Å². The van der Waals surface area contributed by atoms with E-state index < -0.39 is 0 Å². The number of nitrogens with zero attached hydrogens (tertiary/aromatic N) is 3. The smallest absolute Gasteiger partial charge is 0.252 e. The molecular weight excluding hydrogens is 432 g/mol. The SMILES string of the molecule is CCN(CC)c1ncnc2ccc(-c3cccc(CCNC(=O)c4ccccc4Cl)c3)cc12. The zero-order chi connectivity index (χ0) is 23.2. The summed E-state index contributed by atoms with van der Waals surface area (Å²) < 4.78 is 0. The highest BCUT2D eigenvalue weighted by molar-refractivity contribution is 6.33. The van der Waals surface area contributed by atoms with E-state index in [2.05, 4.69) is 76.5 Å². The van der Waals surface area contributed by atoms with Crippen molar-refractivity contribution >= 4 is 34.2 Å². The van der Waals surface area contributed by atoms with Crippen LogP contribution >= 0.6 is 11.6 Å². The monoisotopic (exact) mass is 458 g/mol. The van der Waals surface area contributed by atoms with Gasteiger partial charge in [0.1, 0.15) is 12.1 Å². The molecule has 0 saturated carbocycles. The molecule has 4 rings (SSSR count). The van der Waals surface area contributed by atoms with Crippen LogP contribution in [-0.2, 0) is 6.42 Å². The average molecular weight is 459 g/mol. The third-order valence-electron chi connectivity index (χ3n) is 5.76. The Balaban J connectivity index is 1.52. The van der Waals surface area contributed by atoms with Gasteiger partial charge >= 0.3 is 0 Å². The molecule has 33 heavy (non-hydrogen) atoms. The van der Waals surface area contributed by atoms with Crippen LogP contribution in [-0.4, -0.2) is 35.5 Å². The second kappa shape index (κ2) is 10.5. The summed E-state index contributed by atoms with van der Waals surface area (Å²) in [7, 11) is 0. The van der Waals surface area contributed by atoms with Crippen LogP contribution in [0, 0.1) is 0 Å². The fourth-order valence-electron chi connectivity index (χ4n) is 3.97. The maximum Gasteiger partial charge on any atom is 0.252 e. The molecular formula is C27H27ClN4O. The van der Waals surface area contributed by atoms with Gasteiger partial charge in [-0.1, -0.05) is 54.1 Å². The number of aromatic nitrogens is 2. The number of amides is 1. The third kappa shape index (κ3) is 5.15. The molecule has 1 N–H and O–H groups in total. The summed E-state index contributed by atoms with van der Waals surface area (Å²) in [6.07, 6.45) is 2.36. The van der Waals surface area contributed by atoms with Crippen molar-refractivity contribution in [2.45, 2.75) is 20.3 Å². The molecule has 0 aliphatic carbocycles. The molecule has 0 aliphatic heterocycles. The molecule has 6 heteroatoms. The first kappa shape index (κ1) is 22.7. The Bertz CT molecular complexity index is 1270. The van der Waals surface area contributed by atoms with Crippen LogP contribution in [0.1, 0.15) is 29.8 Å². The van der Waals surface area contributed by atoms with Crippen LogP contribution in [0.3, 0.4) is 0 Å². The predicted molar refractivity (Wildman–Crippen MR) is 136 cm³/mol. The molecule has 0 saturated heterocycles. The molecule has 3 aromatic carbocycles. The van der Waals surface area contributed by atoms with Crippen LogP contribution in [0.4, 0.5) is 5.82 Å². The van der Waals surface area contributed by atoms with Gasteiger partial charge in [0.15, 0.2) is 0 Å². The van der Waals surface area contributed by atoms with Gasteiger partial charge in [-0.05, 0) is 61.2 Å². The van der Waals surface area contributed by atoms with E-state index in [0.717, 1.165) is 52.9 Å². The zero-order valence-corrected chi connectivity index (χ0v) is 19.6. The summed E-state index contributed by atoms with van der Waals surface area (Å²) in [5.41, 5.74) is 4.83. The minimum atomic E-state index is -0.157. The fourth-order valence-corrected chi connectivity index (χ4v) is 4.19. The molecule has 0 unspecified atom stereocenters. The second-order valence-electron chi connectivity index (χ2n) is 7.79. The number of rotatable bonds is 8. The lowest BCUT2D eigenvalue weighted by Crippen LogP contribution is -2.25. The Morgan fingerprint density at radius 1 is 0.939 bits per heavy atom. The van der Waals surface area contributed by atoms with E-state index in [-0.39, 0.29) is 5.91 Å². The number of benzene rings is 3. The summed E-state index contributed by atoms with van der Waals surface area (Å²) in [5.74, 6) is 0.806. The van der Waals surface area contributed by atoms with Gasteiger partial charge in [-0.2, -0.15) is 0 Å². The number of carbonyl (C=O) groups is 1. The van der Waals surface area contributed by atoms with Crippen molar-refractivity contribution in [2.75, 3.05) is 24.5 Å². The fraction of sp³-hybridized carbons (Fsp3) is 0.222. The molecule has 0 bridgehead atoms. The van der Waals surface area contributed by atoms with E-state index in [9.17, 15) is 4.79 Å². The van der Waals surface area contributed by atoms with E-state index in [1.54, 1.807) is 18.5 Å². The molecule has 4 aromatic rings. The highest BCUT2D eigenvalue weighted by atomic mass is 35.5. The lowest BCUT2D eigenvalue weighted by Gasteiger charge is -2.21. The topological polar surface area (TPSA) is 58.1 Å². The lowest BCUT2D eigenvalue weighted by atomic mass is 10.00. The van der Waals surface area contributed by atoms with Crippen LogP contribution in [0.2, 0.25) is 5.02 Å². The molecule has 1 amide bonds. The van der Waals surface area contributed by atoms with Gasteiger partial charge < -0.3 is 10.2 Å². The maximum absolute atomic E-state index is 12.4. The number of anilines is 1. The van der Waals surface area contributed by atoms with Gasteiger partial charge in [-0.3, -0.25) is 4.79 Å². The van der Waals surface area contributed by atoms with Crippen molar-refractivity contribution < 1.29 is 4.79 Å². The number of halogens is 1. The standard InChI is InChI=1S/C27H27ClN4O/c1-3-32(4-2)26-23-17-21(12-13-25(23)30-18-31-26)20-9-7-8-19(16-20)14-15-29-27(33)22-10-5-6-11-24(22)28/h5-13,16-18H,3-4,14-15H2,1-2H3,(H,29,33). The van der Waals surface area contributed by atoms with Crippen LogP contribution in [0.15, 0.2) is 73.1 Å². The summed E-state index contributed by atoms with van der Waals surface area (Å²) in [4.78, 5) is 23.6. The number of carbonyl (C=O) groups excluding carboxylic acids is 1. The Labute approximate surface area is 199 Å². The average Bonchev–Trinajstić information content (AvgIpc) is 2.85.